The maximum Gasteiger partial charge on any atom is 0.278 e. The third-order valence-corrected chi connectivity index (χ3v) is 11.7. The maximum absolute atomic E-state index is 13.3. The van der Waals surface area contributed by atoms with Crippen LogP contribution in [0, 0.1) is 0 Å². The van der Waals surface area contributed by atoms with Crippen LogP contribution in [0.2, 0.25) is 0 Å². The van der Waals surface area contributed by atoms with Crippen molar-refractivity contribution in [3.05, 3.63) is 106 Å². The van der Waals surface area contributed by atoms with Crippen LogP contribution in [0.3, 0.4) is 0 Å². The van der Waals surface area contributed by atoms with Crippen LogP contribution in [0.4, 0.5) is 23.0 Å². The van der Waals surface area contributed by atoms with Gasteiger partial charge in [0.1, 0.15) is 11.7 Å². The van der Waals surface area contributed by atoms with E-state index in [-0.39, 0.29) is 24.1 Å². The summed E-state index contributed by atoms with van der Waals surface area (Å²) in [6, 6.07) is 17.1. The van der Waals surface area contributed by atoms with Gasteiger partial charge in [-0.05, 0) is 94.7 Å². The van der Waals surface area contributed by atoms with Crippen molar-refractivity contribution in [1.82, 2.24) is 39.4 Å². The van der Waals surface area contributed by atoms with E-state index in [1.165, 1.54) is 10.9 Å². The number of anilines is 4. The highest BCUT2D eigenvalue weighted by Crippen LogP contribution is 2.31. The summed E-state index contributed by atoms with van der Waals surface area (Å²) >= 11 is 0. The van der Waals surface area contributed by atoms with Gasteiger partial charge in [-0.2, -0.15) is 4.98 Å². The summed E-state index contributed by atoms with van der Waals surface area (Å²) in [6.07, 6.45) is 10.4. The summed E-state index contributed by atoms with van der Waals surface area (Å²) in [5.74, 6) is 0.835. The molecule has 2 unspecified atom stereocenters. The molecule has 0 radical (unpaired) electrons. The van der Waals surface area contributed by atoms with Gasteiger partial charge in [-0.1, -0.05) is 44.5 Å². The molecule has 0 saturated carbocycles. The van der Waals surface area contributed by atoms with Gasteiger partial charge in [-0.15, -0.1) is 6.58 Å². The minimum atomic E-state index is -0.624. The number of pyridine rings is 1. The Morgan fingerprint density at radius 1 is 0.970 bits per heavy atom. The Hall–Kier alpha value is -6.56. The van der Waals surface area contributed by atoms with Crippen molar-refractivity contribution >= 4 is 58.8 Å². The second-order valence-electron chi connectivity index (χ2n) is 16.1. The molecule has 5 aromatic rings. The van der Waals surface area contributed by atoms with Crippen LogP contribution in [0.25, 0.3) is 16.9 Å². The van der Waals surface area contributed by atoms with Gasteiger partial charge in [-0.25, -0.2) is 19.3 Å². The molecule has 66 heavy (non-hydrogen) atoms. The first-order chi connectivity index (χ1) is 32.1. The van der Waals surface area contributed by atoms with Gasteiger partial charge >= 0.3 is 0 Å². The zero-order valence-electron chi connectivity index (χ0n) is 38.9. The number of aldehydes is 3. The Morgan fingerprint density at radius 2 is 1.73 bits per heavy atom. The van der Waals surface area contributed by atoms with E-state index in [9.17, 15) is 29.1 Å². The van der Waals surface area contributed by atoms with Gasteiger partial charge in [0.15, 0.2) is 24.0 Å². The van der Waals surface area contributed by atoms with Crippen LogP contribution in [0.5, 0.6) is 0 Å². The molecule has 1 fully saturated rings. The van der Waals surface area contributed by atoms with Crippen LogP contribution in [0.15, 0.2) is 78.2 Å². The molecule has 1 aliphatic carbocycles. The van der Waals surface area contributed by atoms with Gasteiger partial charge in [0.25, 0.3) is 5.56 Å². The van der Waals surface area contributed by atoms with E-state index in [1.54, 1.807) is 34.8 Å². The van der Waals surface area contributed by atoms with Gasteiger partial charge in [0.05, 0.1) is 24.4 Å². The lowest BCUT2D eigenvalue weighted by molar-refractivity contribution is -0.121. The quantitative estimate of drug-likeness (QED) is 0.0429. The molecule has 7 rings (SSSR count). The zero-order chi connectivity index (χ0) is 47.6. The highest BCUT2D eigenvalue weighted by atomic mass is 16.3. The molecule has 0 spiro atoms. The number of nitrogens with one attached hydrogen (secondary N) is 3. The number of likely N-dealkylation sites (N-methyl/N-ethyl adjacent to an activating group) is 1. The van der Waals surface area contributed by atoms with Gasteiger partial charge in [-0.3, -0.25) is 29.0 Å². The van der Waals surface area contributed by atoms with Gasteiger partial charge in [0, 0.05) is 80.6 Å². The first kappa shape index (κ1) is 50.4. The fourth-order valence-corrected chi connectivity index (χ4v) is 7.95. The number of amides is 1. The number of allylic oxidation sites excluding steroid dienone is 1. The average Bonchev–Trinajstić information content (AvgIpc) is 3.85. The lowest BCUT2D eigenvalue weighted by Crippen LogP contribution is -2.46. The normalized spacial score (nSPS) is 14.8. The number of aliphatic hydroxyl groups is 1. The minimum Gasteiger partial charge on any atom is -0.387 e. The first-order valence-electron chi connectivity index (χ1n) is 22.8. The van der Waals surface area contributed by atoms with Crippen LogP contribution in [0.1, 0.15) is 90.4 Å². The fourth-order valence-electron chi connectivity index (χ4n) is 7.95. The summed E-state index contributed by atoms with van der Waals surface area (Å²) in [5, 5.41) is 19.9. The summed E-state index contributed by atoms with van der Waals surface area (Å²) in [5.41, 5.74) is 5.36. The number of unbranched alkanes of at least 4 members (excludes halogenated alkanes) is 2. The third-order valence-electron chi connectivity index (χ3n) is 11.7. The number of aromatic nitrogens is 5. The first-order valence-corrected chi connectivity index (χ1v) is 22.8. The number of carbonyl (C=O) groups is 4. The largest absolute Gasteiger partial charge is 0.387 e. The van der Waals surface area contributed by atoms with Crippen molar-refractivity contribution in [1.29, 1.82) is 0 Å². The Balaban J connectivity index is 0.000000509. The Labute approximate surface area is 386 Å². The molecule has 2 aromatic carbocycles. The Bertz CT molecular complexity index is 2460. The number of aryl methyl sites for hydroxylation is 1. The number of hydrogen-bond donors (Lipinski definition) is 4. The summed E-state index contributed by atoms with van der Waals surface area (Å²) in [6.45, 7) is 13.8. The lowest BCUT2D eigenvalue weighted by atomic mass is 10.1. The number of piperazine rings is 1. The number of carbonyl (C=O) groups excluding carboxylic acids is 4. The highest BCUT2D eigenvalue weighted by molar-refractivity contribution is 5.95. The molecule has 1 saturated heterocycles. The van der Waals surface area contributed by atoms with Crippen molar-refractivity contribution in [3.63, 3.8) is 0 Å². The number of benzene rings is 2. The Morgan fingerprint density at radius 3 is 2.39 bits per heavy atom. The topological polar surface area (TPSA) is 200 Å². The molecule has 17 heteroatoms. The number of fused-ring (bicyclic) bond motifs is 2. The SMILES string of the molecule is C=CCn1c(=O)c2cnc(Nc3ccc(N4CCN(CCCCCNc5cccc(C=O)c5C=O)CC4)cc3)nc2n1-c1ccc2c(n1)C(O)CC2.CC.CNC(=O)CCC(C=O)N(C)C. The van der Waals surface area contributed by atoms with Crippen molar-refractivity contribution in [3.8, 4) is 5.82 Å². The second kappa shape index (κ2) is 25.2. The van der Waals surface area contributed by atoms with Gasteiger partial charge < -0.3 is 30.8 Å². The number of hydrogen-bond acceptors (Lipinski definition) is 14. The molecular formula is C49H65N11O6. The molecule has 1 aliphatic heterocycles. The van der Waals surface area contributed by atoms with Crippen LogP contribution in [-0.4, -0.2) is 130 Å². The van der Waals surface area contributed by atoms with E-state index in [0.717, 1.165) is 94.5 Å². The third kappa shape index (κ3) is 12.8. The smallest absolute Gasteiger partial charge is 0.278 e. The van der Waals surface area contributed by atoms with Crippen molar-refractivity contribution in [2.24, 2.45) is 0 Å². The summed E-state index contributed by atoms with van der Waals surface area (Å²) in [4.78, 5) is 77.9. The molecule has 2 aliphatic rings. The molecule has 17 nitrogen and oxygen atoms in total. The molecule has 4 heterocycles. The van der Waals surface area contributed by atoms with Crippen LogP contribution in [-0.2, 0) is 22.6 Å². The van der Waals surface area contributed by atoms with Crippen LogP contribution >= 0.6 is 0 Å². The van der Waals surface area contributed by atoms with Crippen molar-refractivity contribution < 1.29 is 24.3 Å². The van der Waals surface area contributed by atoms with Crippen LogP contribution < -0.4 is 26.4 Å². The number of aliphatic hydroxyl groups excluding tert-OH is 1. The van der Waals surface area contributed by atoms with E-state index in [1.807, 2.05) is 58.3 Å². The molecule has 2 atom stereocenters. The highest BCUT2D eigenvalue weighted by Gasteiger charge is 2.25. The molecule has 4 N–H and O–H groups in total. The van der Waals surface area contributed by atoms with Crippen molar-refractivity contribution in [2.45, 2.75) is 77.5 Å². The minimum absolute atomic E-state index is 0.0244. The second-order valence-corrected chi connectivity index (χ2v) is 16.1. The molecule has 3 aromatic heterocycles. The fraction of sp³-hybridized carbons (Fsp3) is 0.429. The standard InChI is InChI=1S/C39H43N9O4.C8H16N2O2.C2H6/c1-2-18-47-38(52)31-24-41-39(44-37(31)48(47)35-16-10-27-9-15-34(51)36(27)43-35)42-29-11-13-30(14-12-29)46-22-20-45(21-23-46)19-5-3-4-17-40-33-8-6-7-28(25-49)32(33)26-50;1-9-8(12)5-4-7(6-11)10(2)3;1-2/h2,6-8,10-14,16,24-26,34,40,51H,1,3-5,9,15,17-23H2,(H,41,42,44);6-7H,4-5H2,1-3H3,(H,9,12);1-2H3. The molecule has 1 amide bonds. The summed E-state index contributed by atoms with van der Waals surface area (Å²) < 4.78 is 3.21. The Kier molecular flexibility index (Phi) is 19.3. The van der Waals surface area contributed by atoms with E-state index < -0.39 is 6.10 Å². The van der Waals surface area contributed by atoms with E-state index >= 15 is 0 Å². The average molecular weight is 904 g/mol. The van der Waals surface area contributed by atoms with Crippen molar-refractivity contribution in [2.75, 3.05) is 75.9 Å². The zero-order valence-corrected chi connectivity index (χ0v) is 38.9. The number of rotatable bonds is 20. The molecular weight excluding hydrogens is 839 g/mol. The lowest BCUT2D eigenvalue weighted by Gasteiger charge is -2.36. The van der Waals surface area contributed by atoms with E-state index in [4.69, 9.17) is 9.97 Å². The monoisotopic (exact) mass is 904 g/mol. The predicted octanol–water partition coefficient (Wildman–Crippen LogP) is 5.58. The van der Waals surface area contributed by atoms with E-state index in [0.29, 0.717) is 70.9 Å². The maximum atomic E-state index is 13.3. The summed E-state index contributed by atoms with van der Waals surface area (Å²) in [7, 11) is 5.24. The molecule has 352 valence electrons. The van der Waals surface area contributed by atoms with E-state index in [2.05, 4.69) is 49.4 Å². The number of nitrogens with zero attached hydrogens (tertiary/aromatic N) is 8. The molecule has 0 bridgehead atoms. The predicted molar refractivity (Wildman–Crippen MR) is 261 cm³/mol. The van der Waals surface area contributed by atoms with Gasteiger partial charge in [0.2, 0.25) is 11.9 Å².